The second-order valence-electron chi connectivity index (χ2n) is 6.38. The monoisotopic (exact) mass is 406 g/mol. The first kappa shape index (κ1) is 21.5. The number of hydrogen-bond acceptors (Lipinski definition) is 4. The molecule has 0 fully saturated rings. The van der Waals surface area contributed by atoms with E-state index >= 15 is 0 Å². The van der Waals surface area contributed by atoms with Crippen molar-refractivity contribution in [1.82, 2.24) is 9.62 Å². The second kappa shape index (κ2) is 9.92. The fraction of sp³-hybridized carbons (Fsp3) is 0.350. The highest BCUT2D eigenvalue weighted by molar-refractivity contribution is 8.00. The van der Waals surface area contributed by atoms with E-state index in [9.17, 15) is 13.2 Å². The van der Waals surface area contributed by atoms with Crippen molar-refractivity contribution < 1.29 is 13.2 Å². The van der Waals surface area contributed by atoms with Gasteiger partial charge in [0, 0.05) is 24.5 Å². The Hall–Kier alpha value is -1.83. The van der Waals surface area contributed by atoms with Crippen LogP contribution in [0.1, 0.15) is 25.8 Å². The minimum absolute atomic E-state index is 0.0198. The van der Waals surface area contributed by atoms with Gasteiger partial charge in [0.1, 0.15) is 0 Å². The van der Waals surface area contributed by atoms with E-state index in [2.05, 4.69) is 5.32 Å². The summed E-state index contributed by atoms with van der Waals surface area (Å²) >= 11 is 1.39. The number of nitrogens with one attached hydrogen (secondary N) is 1. The third-order valence-electron chi connectivity index (χ3n) is 4.17. The highest BCUT2D eigenvalue weighted by Crippen LogP contribution is 2.22. The molecule has 0 saturated carbocycles. The molecule has 1 amide bonds. The largest absolute Gasteiger partial charge is 0.353 e. The molecule has 0 aromatic heterocycles. The molecule has 0 bridgehead atoms. The third kappa shape index (κ3) is 6.37. The van der Waals surface area contributed by atoms with Gasteiger partial charge >= 0.3 is 0 Å². The first-order chi connectivity index (χ1) is 12.8. The average molecular weight is 407 g/mol. The number of sulfonamides is 1. The van der Waals surface area contributed by atoms with Crippen LogP contribution in [-0.4, -0.2) is 37.5 Å². The summed E-state index contributed by atoms with van der Waals surface area (Å²) in [6.45, 7) is 4.30. The zero-order valence-corrected chi connectivity index (χ0v) is 17.5. The first-order valence-electron chi connectivity index (χ1n) is 8.85. The molecular weight excluding hydrogens is 380 g/mol. The minimum Gasteiger partial charge on any atom is -0.353 e. The van der Waals surface area contributed by atoms with Gasteiger partial charge in [0.05, 0.1) is 10.6 Å². The number of benzene rings is 2. The summed E-state index contributed by atoms with van der Waals surface area (Å²) in [7, 11) is -1.99. The molecule has 2 aromatic carbocycles. The Morgan fingerprint density at radius 1 is 1.11 bits per heavy atom. The maximum Gasteiger partial charge on any atom is 0.243 e. The number of amides is 1. The Bertz CT molecular complexity index is 837. The molecule has 0 aliphatic heterocycles. The maximum absolute atomic E-state index is 12.7. The van der Waals surface area contributed by atoms with Crippen molar-refractivity contribution in [3.8, 4) is 0 Å². The average Bonchev–Trinajstić information content (AvgIpc) is 2.67. The van der Waals surface area contributed by atoms with Crippen molar-refractivity contribution >= 4 is 27.7 Å². The van der Waals surface area contributed by atoms with Gasteiger partial charge in [-0.3, -0.25) is 4.79 Å². The SMILES string of the molecule is CCC(C)NC(=O)CSc1ccc(S(=O)(=O)N(C)Cc2ccccc2)cc1. The fourth-order valence-corrected chi connectivity index (χ4v) is 4.25. The van der Waals surface area contributed by atoms with Crippen LogP contribution in [0, 0.1) is 0 Å². The lowest BCUT2D eigenvalue weighted by Gasteiger charge is -2.17. The van der Waals surface area contributed by atoms with Gasteiger partial charge in [-0.2, -0.15) is 4.31 Å². The van der Waals surface area contributed by atoms with Crippen LogP contribution in [0.3, 0.4) is 0 Å². The first-order valence-corrected chi connectivity index (χ1v) is 11.3. The second-order valence-corrected chi connectivity index (χ2v) is 9.48. The molecule has 0 saturated heterocycles. The van der Waals surface area contributed by atoms with Crippen molar-refractivity contribution in [2.45, 2.75) is 42.6 Å². The molecule has 0 radical (unpaired) electrons. The Morgan fingerprint density at radius 3 is 2.33 bits per heavy atom. The minimum atomic E-state index is -3.56. The van der Waals surface area contributed by atoms with E-state index in [1.165, 1.54) is 16.1 Å². The number of hydrogen-bond donors (Lipinski definition) is 1. The van der Waals surface area contributed by atoms with Crippen molar-refractivity contribution in [1.29, 1.82) is 0 Å². The van der Waals surface area contributed by atoms with Gasteiger partial charge in [-0.05, 0) is 43.2 Å². The molecule has 1 N–H and O–H groups in total. The molecule has 0 aliphatic carbocycles. The van der Waals surface area contributed by atoms with E-state index in [-0.39, 0.29) is 16.8 Å². The smallest absolute Gasteiger partial charge is 0.243 e. The fourth-order valence-electron chi connectivity index (χ4n) is 2.38. The summed E-state index contributed by atoms with van der Waals surface area (Å²) in [5, 5.41) is 2.91. The Balaban J connectivity index is 1.97. The van der Waals surface area contributed by atoms with Crippen molar-refractivity contribution in [3.05, 3.63) is 60.2 Å². The van der Waals surface area contributed by atoms with E-state index in [0.717, 1.165) is 16.9 Å². The van der Waals surface area contributed by atoms with Gasteiger partial charge in [0.25, 0.3) is 0 Å². The maximum atomic E-state index is 12.7. The van der Waals surface area contributed by atoms with E-state index in [1.807, 2.05) is 44.2 Å². The number of thioether (sulfide) groups is 1. The van der Waals surface area contributed by atoms with Crippen LogP contribution in [0.15, 0.2) is 64.4 Å². The van der Waals surface area contributed by atoms with Gasteiger partial charge in [-0.25, -0.2) is 8.42 Å². The Labute approximate surface area is 166 Å². The summed E-state index contributed by atoms with van der Waals surface area (Å²) in [4.78, 5) is 12.9. The van der Waals surface area contributed by atoms with Gasteiger partial charge in [0.15, 0.2) is 0 Å². The summed E-state index contributed by atoms with van der Waals surface area (Å²) in [6.07, 6.45) is 0.888. The Kier molecular flexibility index (Phi) is 7.89. The number of nitrogens with zero attached hydrogens (tertiary/aromatic N) is 1. The third-order valence-corrected chi connectivity index (χ3v) is 7.00. The number of rotatable bonds is 9. The van der Waals surface area contributed by atoms with Gasteiger partial charge in [-0.15, -0.1) is 11.8 Å². The summed E-state index contributed by atoms with van der Waals surface area (Å²) in [6, 6.07) is 16.3. The lowest BCUT2D eigenvalue weighted by atomic mass is 10.2. The number of carbonyl (C=O) groups excluding carboxylic acids is 1. The van der Waals surface area contributed by atoms with E-state index in [1.54, 1.807) is 31.3 Å². The van der Waals surface area contributed by atoms with Crippen LogP contribution in [0.5, 0.6) is 0 Å². The van der Waals surface area contributed by atoms with Crippen LogP contribution >= 0.6 is 11.8 Å². The lowest BCUT2D eigenvalue weighted by Crippen LogP contribution is -2.33. The Morgan fingerprint density at radius 2 is 1.74 bits per heavy atom. The molecule has 0 aliphatic rings. The molecule has 1 unspecified atom stereocenters. The lowest BCUT2D eigenvalue weighted by molar-refractivity contribution is -0.119. The quantitative estimate of drug-likeness (QED) is 0.647. The topological polar surface area (TPSA) is 66.5 Å². The van der Waals surface area contributed by atoms with Crippen molar-refractivity contribution in [3.63, 3.8) is 0 Å². The molecule has 2 aromatic rings. The summed E-state index contributed by atoms with van der Waals surface area (Å²) in [5.41, 5.74) is 0.933. The van der Waals surface area contributed by atoms with Crippen LogP contribution in [-0.2, 0) is 21.4 Å². The van der Waals surface area contributed by atoms with E-state index in [0.29, 0.717) is 12.3 Å². The molecule has 7 heteroatoms. The predicted molar refractivity (Wildman–Crippen MR) is 110 cm³/mol. The van der Waals surface area contributed by atoms with Crippen LogP contribution in [0.2, 0.25) is 0 Å². The highest BCUT2D eigenvalue weighted by atomic mass is 32.2. The molecule has 1 atom stereocenters. The normalized spacial score (nSPS) is 12.7. The highest BCUT2D eigenvalue weighted by Gasteiger charge is 2.20. The summed E-state index contributed by atoms with van der Waals surface area (Å²) < 4.78 is 26.8. The summed E-state index contributed by atoms with van der Waals surface area (Å²) in [5.74, 6) is 0.290. The molecule has 2 rings (SSSR count). The van der Waals surface area contributed by atoms with Crippen LogP contribution in [0.25, 0.3) is 0 Å². The van der Waals surface area contributed by atoms with Gasteiger partial charge in [-0.1, -0.05) is 37.3 Å². The molecule has 5 nitrogen and oxygen atoms in total. The van der Waals surface area contributed by atoms with E-state index < -0.39 is 10.0 Å². The van der Waals surface area contributed by atoms with E-state index in [4.69, 9.17) is 0 Å². The molecule has 146 valence electrons. The zero-order chi connectivity index (χ0) is 19.9. The predicted octanol–water partition coefficient (Wildman–Crippen LogP) is 3.51. The molecule has 0 spiro atoms. The number of carbonyl (C=O) groups is 1. The molecule has 0 heterocycles. The van der Waals surface area contributed by atoms with Crippen molar-refractivity contribution in [2.24, 2.45) is 0 Å². The van der Waals surface area contributed by atoms with Crippen LogP contribution < -0.4 is 5.32 Å². The van der Waals surface area contributed by atoms with Gasteiger partial charge < -0.3 is 5.32 Å². The van der Waals surface area contributed by atoms with Gasteiger partial charge in [0.2, 0.25) is 15.9 Å². The molecular formula is C20H26N2O3S2. The zero-order valence-electron chi connectivity index (χ0n) is 15.9. The standard InChI is InChI=1S/C20H26N2O3S2/c1-4-16(2)21-20(23)15-26-18-10-12-19(13-11-18)27(24,25)22(3)14-17-8-6-5-7-9-17/h5-13,16H,4,14-15H2,1-3H3,(H,21,23). The molecule has 27 heavy (non-hydrogen) atoms. The van der Waals surface area contributed by atoms with Crippen LogP contribution in [0.4, 0.5) is 0 Å². The van der Waals surface area contributed by atoms with Crippen molar-refractivity contribution in [2.75, 3.05) is 12.8 Å².